The lowest BCUT2D eigenvalue weighted by molar-refractivity contribution is 0.104. The zero-order valence-electron chi connectivity index (χ0n) is 9.99. The molecule has 0 spiro atoms. The van der Waals surface area contributed by atoms with E-state index in [2.05, 4.69) is 26.0 Å². The highest BCUT2D eigenvalue weighted by atomic mass is 16.3. The van der Waals surface area contributed by atoms with Gasteiger partial charge in [-0.05, 0) is 30.9 Å². The van der Waals surface area contributed by atoms with Crippen LogP contribution in [0.25, 0.3) is 0 Å². The van der Waals surface area contributed by atoms with Crippen molar-refractivity contribution >= 4 is 0 Å². The van der Waals surface area contributed by atoms with Crippen molar-refractivity contribution in [1.82, 2.24) is 0 Å². The largest absolute Gasteiger partial charge is 0.387 e. The van der Waals surface area contributed by atoms with Gasteiger partial charge in [-0.15, -0.1) is 0 Å². The molecule has 1 aromatic rings. The molecule has 0 aliphatic rings. The fourth-order valence-corrected chi connectivity index (χ4v) is 1.49. The third-order valence-corrected chi connectivity index (χ3v) is 2.62. The van der Waals surface area contributed by atoms with Crippen LogP contribution in [0.5, 0.6) is 0 Å². The van der Waals surface area contributed by atoms with Crippen LogP contribution < -0.4 is 5.73 Å². The quantitative estimate of drug-likeness (QED) is 0.800. The molecule has 0 aromatic heterocycles. The van der Waals surface area contributed by atoms with Crippen molar-refractivity contribution in [2.45, 2.75) is 45.3 Å². The van der Waals surface area contributed by atoms with Crippen LogP contribution in [-0.4, -0.2) is 10.6 Å². The van der Waals surface area contributed by atoms with E-state index in [1.165, 1.54) is 5.56 Å². The number of nitrogens with two attached hydrogens (primary N) is 1. The van der Waals surface area contributed by atoms with Crippen molar-refractivity contribution in [2.24, 2.45) is 5.73 Å². The third kappa shape index (κ3) is 3.05. The van der Waals surface area contributed by atoms with Crippen LogP contribution >= 0.6 is 0 Å². The monoisotopic (exact) mass is 207 g/mol. The number of hydrogen-bond acceptors (Lipinski definition) is 2. The molecule has 0 saturated heterocycles. The highest BCUT2D eigenvalue weighted by molar-refractivity contribution is 5.27. The average Bonchev–Trinajstić information content (AvgIpc) is 2.15. The molecule has 2 nitrogen and oxygen atoms in total. The van der Waals surface area contributed by atoms with Crippen molar-refractivity contribution in [3.8, 4) is 0 Å². The molecular weight excluding hydrogens is 186 g/mol. The van der Waals surface area contributed by atoms with Crippen molar-refractivity contribution < 1.29 is 5.11 Å². The summed E-state index contributed by atoms with van der Waals surface area (Å²) in [4.78, 5) is 0. The number of aliphatic hydroxyl groups is 1. The van der Waals surface area contributed by atoms with E-state index in [1.807, 2.05) is 26.0 Å². The van der Waals surface area contributed by atoms with E-state index in [4.69, 9.17) is 5.73 Å². The molecule has 3 N–H and O–H groups in total. The number of aliphatic hydroxyl groups excluding tert-OH is 1. The zero-order chi connectivity index (χ0) is 11.6. The van der Waals surface area contributed by atoms with Gasteiger partial charge in [0.05, 0.1) is 6.10 Å². The summed E-state index contributed by atoms with van der Waals surface area (Å²) in [5.74, 6) is 0.516. The van der Waals surface area contributed by atoms with Crippen molar-refractivity contribution in [3.05, 3.63) is 35.4 Å². The third-order valence-electron chi connectivity index (χ3n) is 2.62. The summed E-state index contributed by atoms with van der Waals surface area (Å²) >= 11 is 0. The molecule has 0 saturated carbocycles. The van der Waals surface area contributed by atoms with Gasteiger partial charge < -0.3 is 10.8 Å². The average molecular weight is 207 g/mol. The summed E-state index contributed by atoms with van der Waals surface area (Å²) < 4.78 is 0. The van der Waals surface area contributed by atoms with Crippen LogP contribution in [0.1, 0.15) is 50.8 Å². The van der Waals surface area contributed by atoms with Gasteiger partial charge in [0.25, 0.3) is 0 Å². The van der Waals surface area contributed by atoms with E-state index in [1.54, 1.807) is 0 Å². The van der Waals surface area contributed by atoms with Crippen molar-refractivity contribution in [2.75, 3.05) is 0 Å². The van der Waals surface area contributed by atoms with Gasteiger partial charge >= 0.3 is 0 Å². The summed E-state index contributed by atoms with van der Waals surface area (Å²) in [5.41, 5.74) is 7.42. The first-order valence-corrected chi connectivity index (χ1v) is 5.39. The number of hydrogen-bond donors (Lipinski definition) is 2. The minimum Gasteiger partial charge on any atom is -0.387 e. The Balaban J connectivity index is 2.89. The molecule has 1 aromatic carbocycles. The van der Waals surface area contributed by atoms with E-state index >= 15 is 0 Å². The molecule has 0 amide bonds. The molecule has 0 bridgehead atoms. The second-order valence-electron chi connectivity index (χ2n) is 5.05. The number of benzene rings is 1. The van der Waals surface area contributed by atoms with Gasteiger partial charge in [0, 0.05) is 5.54 Å². The van der Waals surface area contributed by atoms with Gasteiger partial charge in [0.2, 0.25) is 0 Å². The zero-order valence-corrected chi connectivity index (χ0v) is 9.99. The second-order valence-corrected chi connectivity index (χ2v) is 5.05. The highest BCUT2D eigenvalue weighted by Gasteiger charge is 2.24. The van der Waals surface area contributed by atoms with Gasteiger partial charge in [-0.2, -0.15) is 0 Å². The Kier molecular flexibility index (Phi) is 3.53. The minimum atomic E-state index is -0.612. The Morgan fingerprint density at radius 2 is 1.47 bits per heavy atom. The van der Waals surface area contributed by atoms with Crippen LogP contribution in [0.2, 0.25) is 0 Å². The molecule has 0 aliphatic carbocycles. The van der Waals surface area contributed by atoms with E-state index in [-0.39, 0.29) is 0 Å². The van der Waals surface area contributed by atoms with Gasteiger partial charge in [0.15, 0.2) is 0 Å². The Morgan fingerprint density at radius 3 is 1.80 bits per heavy atom. The lowest BCUT2D eigenvalue weighted by Gasteiger charge is -2.26. The molecule has 2 heteroatoms. The topological polar surface area (TPSA) is 46.2 Å². The smallest absolute Gasteiger partial charge is 0.0963 e. The lowest BCUT2D eigenvalue weighted by Crippen LogP contribution is -2.39. The van der Waals surface area contributed by atoms with Gasteiger partial charge in [-0.1, -0.05) is 38.1 Å². The molecule has 0 heterocycles. The first-order chi connectivity index (χ1) is 6.82. The summed E-state index contributed by atoms with van der Waals surface area (Å²) in [6, 6.07) is 8.01. The molecular formula is C13H21NO. The fourth-order valence-electron chi connectivity index (χ4n) is 1.49. The van der Waals surface area contributed by atoms with E-state index in [0.717, 1.165) is 5.56 Å². The Bertz CT molecular complexity index is 308. The van der Waals surface area contributed by atoms with Crippen LogP contribution in [0.3, 0.4) is 0 Å². The summed E-state index contributed by atoms with van der Waals surface area (Å²) in [6.45, 7) is 7.96. The Labute approximate surface area is 92.1 Å². The van der Waals surface area contributed by atoms with Crippen LogP contribution in [0, 0.1) is 0 Å². The maximum atomic E-state index is 9.96. The molecule has 0 fully saturated rings. The first kappa shape index (κ1) is 12.2. The maximum absolute atomic E-state index is 9.96. The Hall–Kier alpha value is -0.860. The van der Waals surface area contributed by atoms with E-state index in [0.29, 0.717) is 5.92 Å². The van der Waals surface area contributed by atoms with Crippen molar-refractivity contribution in [1.29, 1.82) is 0 Å². The molecule has 1 rings (SSSR count). The second kappa shape index (κ2) is 4.33. The molecule has 0 radical (unpaired) electrons. The number of rotatable bonds is 3. The maximum Gasteiger partial charge on any atom is 0.0963 e. The molecule has 1 unspecified atom stereocenters. The van der Waals surface area contributed by atoms with Crippen LogP contribution in [-0.2, 0) is 0 Å². The predicted molar refractivity (Wildman–Crippen MR) is 63.8 cm³/mol. The lowest BCUT2D eigenvalue weighted by atomic mass is 9.91. The van der Waals surface area contributed by atoms with Crippen LogP contribution in [0.15, 0.2) is 24.3 Å². The van der Waals surface area contributed by atoms with E-state index in [9.17, 15) is 5.11 Å². The van der Waals surface area contributed by atoms with E-state index < -0.39 is 11.6 Å². The predicted octanol–water partition coefficient (Wildman–Crippen LogP) is 2.58. The standard InChI is InChI=1S/C13H21NO/c1-9(2)10-5-7-11(8-6-10)12(15)13(3,4)14/h5-9,12,15H,14H2,1-4H3. The first-order valence-electron chi connectivity index (χ1n) is 5.39. The summed E-state index contributed by atoms with van der Waals surface area (Å²) in [6.07, 6.45) is -0.612. The molecule has 1 atom stereocenters. The SMILES string of the molecule is CC(C)c1ccc(C(O)C(C)(C)N)cc1. The molecule has 15 heavy (non-hydrogen) atoms. The van der Waals surface area contributed by atoms with Gasteiger partial charge in [0.1, 0.15) is 0 Å². The fraction of sp³-hybridized carbons (Fsp3) is 0.538. The summed E-state index contributed by atoms with van der Waals surface area (Å²) in [7, 11) is 0. The van der Waals surface area contributed by atoms with Gasteiger partial charge in [-0.3, -0.25) is 0 Å². The van der Waals surface area contributed by atoms with Crippen molar-refractivity contribution in [3.63, 3.8) is 0 Å². The minimum absolute atomic E-state index is 0.516. The highest BCUT2D eigenvalue weighted by Crippen LogP contribution is 2.24. The molecule has 0 aliphatic heterocycles. The van der Waals surface area contributed by atoms with Crippen LogP contribution in [0.4, 0.5) is 0 Å². The normalized spacial score (nSPS) is 14.3. The Morgan fingerprint density at radius 1 is 1.07 bits per heavy atom. The summed E-state index contributed by atoms with van der Waals surface area (Å²) in [5, 5.41) is 9.96. The van der Waals surface area contributed by atoms with Gasteiger partial charge in [-0.25, -0.2) is 0 Å². The molecule has 84 valence electrons.